The summed E-state index contributed by atoms with van der Waals surface area (Å²) < 4.78 is 17.8. The van der Waals surface area contributed by atoms with Crippen molar-refractivity contribution >= 4 is 35.1 Å². The molecule has 3 aromatic carbocycles. The van der Waals surface area contributed by atoms with E-state index in [2.05, 4.69) is 63.6 Å². The highest BCUT2D eigenvalue weighted by atomic mass is 16.5. The van der Waals surface area contributed by atoms with E-state index in [1.54, 1.807) is 30.6 Å². The third-order valence-electron chi connectivity index (χ3n) is 10.5. The highest BCUT2D eigenvalue weighted by Gasteiger charge is 2.45. The Labute approximate surface area is 306 Å². The molecule has 13 heteroatoms. The lowest BCUT2D eigenvalue weighted by Gasteiger charge is -2.36. The van der Waals surface area contributed by atoms with Gasteiger partial charge in [0.2, 0.25) is 17.7 Å². The van der Waals surface area contributed by atoms with E-state index < -0.39 is 29.7 Å². The van der Waals surface area contributed by atoms with Crippen LogP contribution >= 0.6 is 0 Å². The van der Waals surface area contributed by atoms with Crippen molar-refractivity contribution in [3.05, 3.63) is 101 Å². The molecule has 2 N–H and O–H groups in total. The number of benzene rings is 3. The van der Waals surface area contributed by atoms with Gasteiger partial charge in [-0.15, -0.1) is 0 Å². The Morgan fingerprint density at radius 1 is 0.849 bits per heavy atom. The van der Waals surface area contributed by atoms with Crippen LogP contribution in [0.5, 0.6) is 17.4 Å². The molecule has 4 heterocycles. The molecule has 0 bridgehead atoms. The van der Waals surface area contributed by atoms with Crippen LogP contribution in [0, 0.1) is 0 Å². The first kappa shape index (κ1) is 34.3. The van der Waals surface area contributed by atoms with E-state index >= 15 is 0 Å². The topological polar surface area (TPSA) is 152 Å². The van der Waals surface area contributed by atoms with Crippen molar-refractivity contribution in [3.8, 4) is 17.4 Å². The van der Waals surface area contributed by atoms with E-state index in [9.17, 15) is 19.2 Å². The van der Waals surface area contributed by atoms with Crippen LogP contribution in [0.25, 0.3) is 0 Å². The van der Waals surface area contributed by atoms with Gasteiger partial charge in [0.15, 0.2) is 5.82 Å². The minimum Gasteiger partial charge on any atom is -0.490 e. The molecule has 3 fully saturated rings. The van der Waals surface area contributed by atoms with Gasteiger partial charge in [0, 0.05) is 49.5 Å². The molecule has 2 saturated heterocycles. The number of imide groups is 2. The summed E-state index contributed by atoms with van der Waals surface area (Å²) in [5, 5.41) is 5.66. The first-order valence-electron chi connectivity index (χ1n) is 17.9. The number of carbonyl (C=O) groups excluding carboxylic acids is 4. The van der Waals surface area contributed by atoms with Gasteiger partial charge >= 0.3 is 0 Å². The Kier molecular flexibility index (Phi) is 9.03. The average Bonchev–Trinajstić information content (AvgIpc) is 3.39. The van der Waals surface area contributed by atoms with Crippen molar-refractivity contribution in [2.75, 3.05) is 36.5 Å². The minimum atomic E-state index is -0.987. The lowest BCUT2D eigenvalue weighted by molar-refractivity contribution is -0.136. The highest BCUT2D eigenvalue weighted by molar-refractivity contribution is 6.23. The largest absolute Gasteiger partial charge is 0.490 e. The van der Waals surface area contributed by atoms with Crippen LogP contribution in [0.4, 0.5) is 11.5 Å². The zero-order valence-corrected chi connectivity index (χ0v) is 29.5. The number of anilines is 2. The molecule has 1 atom stereocenters. The number of amides is 4. The number of hydrogen-bond donors (Lipinski definition) is 2. The van der Waals surface area contributed by atoms with E-state index in [4.69, 9.17) is 14.2 Å². The molecule has 4 aromatic rings. The maximum absolute atomic E-state index is 13.2. The van der Waals surface area contributed by atoms with E-state index in [1.165, 1.54) is 0 Å². The van der Waals surface area contributed by atoms with Crippen LogP contribution < -0.4 is 25.0 Å². The van der Waals surface area contributed by atoms with Crippen LogP contribution in [-0.4, -0.2) is 83.0 Å². The molecule has 3 aliphatic heterocycles. The summed E-state index contributed by atoms with van der Waals surface area (Å²) >= 11 is 0. The molecule has 8 rings (SSSR count). The van der Waals surface area contributed by atoms with E-state index in [0.717, 1.165) is 59.2 Å². The zero-order chi connectivity index (χ0) is 36.7. The lowest BCUT2D eigenvalue weighted by Crippen LogP contribution is -2.54. The molecule has 0 radical (unpaired) electrons. The third-order valence-corrected chi connectivity index (χ3v) is 10.5. The van der Waals surface area contributed by atoms with E-state index in [-0.39, 0.29) is 41.5 Å². The smallest absolute Gasteiger partial charge is 0.262 e. The van der Waals surface area contributed by atoms with Crippen LogP contribution in [-0.2, 0) is 19.7 Å². The molecule has 4 aliphatic rings. The maximum atomic E-state index is 13.2. The molecule has 272 valence electrons. The molecule has 1 aromatic heterocycles. The Hall–Kier alpha value is -5.82. The number of nitrogens with one attached hydrogen (secondary N) is 2. The number of morpholine rings is 1. The van der Waals surface area contributed by atoms with Crippen molar-refractivity contribution in [1.29, 1.82) is 0 Å². The van der Waals surface area contributed by atoms with Gasteiger partial charge in [-0.2, -0.15) is 4.98 Å². The fraction of sp³-hybridized carbons (Fsp3) is 0.350. The SMILES string of the molecule is CC(C)(c1ccc(Oc2cncc(N3CCOCC3)n2)cc1)c1ccc(OC2CC(Nc3ccc4c(c3)C(=O)N(C3CCC(=O)NC3=O)C4=O)C2)cc1. The number of ether oxygens (including phenoxy) is 3. The number of fused-ring (bicyclic) bond motifs is 1. The lowest BCUT2D eigenvalue weighted by atomic mass is 9.78. The predicted octanol–water partition coefficient (Wildman–Crippen LogP) is 4.85. The maximum Gasteiger partial charge on any atom is 0.262 e. The molecule has 1 unspecified atom stereocenters. The van der Waals surface area contributed by atoms with Gasteiger partial charge in [-0.1, -0.05) is 38.1 Å². The second kappa shape index (κ2) is 14.0. The van der Waals surface area contributed by atoms with Crippen LogP contribution in [0.15, 0.2) is 79.1 Å². The van der Waals surface area contributed by atoms with Gasteiger partial charge in [-0.3, -0.25) is 34.4 Å². The fourth-order valence-corrected chi connectivity index (χ4v) is 7.28. The minimum absolute atomic E-state index is 0.0406. The molecule has 4 amide bonds. The van der Waals surface area contributed by atoms with Crippen LogP contribution in [0.3, 0.4) is 0 Å². The summed E-state index contributed by atoms with van der Waals surface area (Å²) in [6, 6.07) is 20.5. The fourth-order valence-electron chi connectivity index (χ4n) is 7.28. The summed E-state index contributed by atoms with van der Waals surface area (Å²) in [5.41, 5.74) is 3.26. The molecule has 13 nitrogen and oxygen atoms in total. The summed E-state index contributed by atoms with van der Waals surface area (Å²) in [6.07, 6.45) is 5.16. The number of piperidine rings is 1. The van der Waals surface area contributed by atoms with E-state index in [1.807, 2.05) is 24.3 Å². The Balaban J connectivity index is 0.832. The zero-order valence-electron chi connectivity index (χ0n) is 29.5. The van der Waals surface area contributed by atoms with Gasteiger partial charge in [0.05, 0.1) is 36.7 Å². The number of hydrogen-bond acceptors (Lipinski definition) is 11. The molecular weight excluding hydrogens is 676 g/mol. The standard InChI is InChI=1S/C40H40N6O7/c1-40(2,25-5-10-29(11-6-25)53-36-23-41-22-34(43-36)45-15-17-51-18-16-45)24-3-8-28(9-4-24)52-30-19-27(20-30)42-26-7-12-31-32(21-26)39(50)46(38(31)49)33-13-14-35(47)44-37(33)48/h3-12,21-23,27,30,33,42H,13-20H2,1-2H3,(H,44,47,48). The summed E-state index contributed by atoms with van der Waals surface area (Å²) in [7, 11) is 0. The molecule has 1 saturated carbocycles. The van der Waals surface area contributed by atoms with Crippen LogP contribution in [0.1, 0.15) is 71.4 Å². The number of nitrogens with zero attached hydrogens (tertiary/aromatic N) is 4. The molecule has 53 heavy (non-hydrogen) atoms. The van der Waals surface area contributed by atoms with Gasteiger partial charge in [-0.25, -0.2) is 0 Å². The molecule has 1 aliphatic carbocycles. The average molecular weight is 717 g/mol. The predicted molar refractivity (Wildman–Crippen MR) is 194 cm³/mol. The Bertz CT molecular complexity index is 2060. The Morgan fingerprint density at radius 3 is 2.23 bits per heavy atom. The summed E-state index contributed by atoms with van der Waals surface area (Å²) in [5.74, 6) is 0.650. The summed E-state index contributed by atoms with van der Waals surface area (Å²) in [4.78, 5) is 62.2. The Morgan fingerprint density at radius 2 is 1.53 bits per heavy atom. The quantitative estimate of drug-likeness (QED) is 0.217. The van der Waals surface area contributed by atoms with Crippen molar-refractivity contribution in [3.63, 3.8) is 0 Å². The van der Waals surface area contributed by atoms with Crippen molar-refractivity contribution in [2.24, 2.45) is 0 Å². The first-order valence-corrected chi connectivity index (χ1v) is 17.9. The monoisotopic (exact) mass is 716 g/mol. The second-order valence-corrected chi connectivity index (χ2v) is 14.4. The van der Waals surface area contributed by atoms with E-state index in [0.29, 0.717) is 24.8 Å². The van der Waals surface area contributed by atoms with Gasteiger partial charge in [0.1, 0.15) is 23.6 Å². The number of rotatable bonds is 10. The number of aromatic nitrogens is 2. The van der Waals surface area contributed by atoms with Crippen molar-refractivity contribution < 1.29 is 33.4 Å². The first-order chi connectivity index (χ1) is 25.6. The third kappa shape index (κ3) is 6.91. The summed E-state index contributed by atoms with van der Waals surface area (Å²) in [6.45, 7) is 7.27. The molecule has 0 spiro atoms. The van der Waals surface area contributed by atoms with Crippen molar-refractivity contribution in [1.82, 2.24) is 20.2 Å². The van der Waals surface area contributed by atoms with Gasteiger partial charge < -0.3 is 24.4 Å². The van der Waals surface area contributed by atoms with Gasteiger partial charge in [0.25, 0.3) is 11.8 Å². The molecular formula is C40H40N6O7. The normalized spacial score (nSPS) is 21.5. The van der Waals surface area contributed by atoms with Gasteiger partial charge in [-0.05, 0) is 60.0 Å². The van der Waals surface area contributed by atoms with Crippen LogP contribution in [0.2, 0.25) is 0 Å². The number of carbonyl (C=O) groups is 4. The highest BCUT2D eigenvalue weighted by Crippen LogP contribution is 2.36. The second-order valence-electron chi connectivity index (χ2n) is 14.4. The van der Waals surface area contributed by atoms with Crippen molar-refractivity contribution in [2.45, 2.75) is 63.1 Å².